The van der Waals surface area contributed by atoms with Crippen molar-refractivity contribution in [3.63, 3.8) is 0 Å². The molecule has 0 unspecified atom stereocenters. The molecule has 130 valence electrons. The van der Waals surface area contributed by atoms with Crippen LogP contribution in [-0.4, -0.2) is 42.3 Å². The lowest BCUT2D eigenvalue weighted by atomic mass is 9.89. The summed E-state index contributed by atoms with van der Waals surface area (Å²) in [6.45, 7) is 4.51. The van der Waals surface area contributed by atoms with Gasteiger partial charge < -0.3 is 9.64 Å². The van der Waals surface area contributed by atoms with E-state index in [1.807, 2.05) is 11.0 Å². The maximum atomic E-state index is 12.9. The largest absolute Gasteiger partial charge is 0.477 e. The van der Waals surface area contributed by atoms with Crippen molar-refractivity contribution in [1.29, 1.82) is 0 Å². The second kappa shape index (κ2) is 7.38. The van der Waals surface area contributed by atoms with E-state index in [1.165, 1.54) is 13.8 Å². The molecule has 3 nitrogen and oxygen atoms in total. The van der Waals surface area contributed by atoms with Crippen LogP contribution in [0, 0.1) is 11.3 Å². The molecule has 1 aromatic rings. The highest BCUT2D eigenvalue weighted by Gasteiger charge is 2.48. The zero-order valence-corrected chi connectivity index (χ0v) is 15.0. The molecule has 0 radical (unpaired) electrons. The van der Waals surface area contributed by atoms with Gasteiger partial charge in [-0.05, 0) is 67.7 Å². The van der Waals surface area contributed by atoms with Gasteiger partial charge in [0.2, 0.25) is 5.88 Å². The SMILES string of the molecule is CC(C)(CN1CCC(COc2ccc(Br)cn2)CC1)C(F)(F)F. The third-order valence-electron chi connectivity index (χ3n) is 4.26. The highest BCUT2D eigenvalue weighted by atomic mass is 79.9. The van der Waals surface area contributed by atoms with E-state index in [1.54, 1.807) is 12.3 Å². The van der Waals surface area contributed by atoms with Crippen molar-refractivity contribution in [2.75, 3.05) is 26.2 Å². The predicted octanol–water partition coefficient (Wildman–Crippen LogP) is 4.52. The molecule has 2 rings (SSSR count). The summed E-state index contributed by atoms with van der Waals surface area (Å²) < 4.78 is 45.4. The molecule has 7 heteroatoms. The maximum Gasteiger partial charge on any atom is 0.395 e. The summed E-state index contributed by atoms with van der Waals surface area (Å²) in [5, 5.41) is 0. The van der Waals surface area contributed by atoms with Crippen LogP contribution >= 0.6 is 15.9 Å². The number of rotatable bonds is 5. The summed E-state index contributed by atoms with van der Waals surface area (Å²) in [5.74, 6) is 0.944. The number of pyridine rings is 1. The van der Waals surface area contributed by atoms with Gasteiger partial charge in [-0.1, -0.05) is 0 Å². The molecule has 0 aromatic carbocycles. The summed E-state index contributed by atoms with van der Waals surface area (Å²) in [7, 11) is 0. The Hall–Kier alpha value is -0.820. The van der Waals surface area contributed by atoms with Crippen molar-refractivity contribution in [3.05, 3.63) is 22.8 Å². The van der Waals surface area contributed by atoms with Gasteiger partial charge in [0.1, 0.15) is 0 Å². The maximum absolute atomic E-state index is 12.9. The number of aromatic nitrogens is 1. The minimum atomic E-state index is -4.17. The minimum absolute atomic E-state index is 0.0539. The molecule has 0 aliphatic carbocycles. The van der Waals surface area contributed by atoms with Crippen LogP contribution in [0.15, 0.2) is 22.8 Å². The zero-order valence-electron chi connectivity index (χ0n) is 13.4. The van der Waals surface area contributed by atoms with Crippen LogP contribution in [0.1, 0.15) is 26.7 Å². The average Bonchev–Trinajstić information content (AvgIpc) is 2.47. The fraction of sp³-hybridized carbons (Fsp3) is 0.688. The number of hydrogen-bond acceptors (Lipinski definition) is 3. The van der Waals surface area contributed by atoms with E-state index in [-0.39, 0.29) is 6.54 Å². The fourth-order valence-corrected chi connectivity index (χ4v) is 2.85. The van der Waals surface area contributed by atoms with E-state index in [0.29, 0.717) is 31.5 Å². The Morgan fingerprint density at radius 2 is 1.91 bits per heavy atom. The van der Waals surface area contributed by atoms with E-state index < -0.39 is 11.6 Å². The summed E-state index contributed by atoms with van der Waals surface area (Å²) in [5.41, 5.74) is -1.67. The molecule has 0 amide bonds. The Kier molecular flexibility index (Phi) is 5.94. The number of piperidine rings is 1. The van der Waals surface area contributed by atoms with Crippen LogP contribution in [0.3, 0.4) is 0 Å². The molecule has 1 aromatic heterocycles. The van der Waals surface area contributed by atoms with Crippen molar-refractivity contribution in [1.82, 2.24) is 9.88 Å². The quantitative estimate of drug-likeness (QED) is 0.733. The minimum Gasteiger partial charge on any atom is -0.477 e. The van der Waals surface area contributed by atoms with Gasteiger partial charge in [0.15, 0.2) is 0 Å². The highest BCUT2D eigenvalue weighted by Crippen LogP contribution is 2.38. The molecule has 0 atom stereocenters. The first-order chi connectivity index (χ1) is 10.7. The molecule has 2 heterocycles. The van der Waals surface area contributed by atoms with Gasteiger partial charge in [-0.2, -0.15) is 13.2 Å². The molecule has 0 bridgehead atoms. The van der Waals surface area contributed by atoms with E-state index in [0.717, 1.165) is 17.3 Å². The number of likely N-dealkylation sites (tertiary alicyclic amines) is 1. The third kappa shape index (κ3) is 5.35. The average molecular weight is 395 g/mol. The first kappa shape index (κ1) is 18.5. The van der Waals surface area contributed by atoms with Crippen LogP contribution in [0.4, 0.5) is 13.2 Å². The van der Waals surface area contributed by atoms with E-state index in [4.69, 9.17) is 4.74 Å². The summed E-state index contributed by atoms with van der Waals surface area (Å²) in [6, 6.07) is 3.66. The number of alkyl halides is 3. The third-order valence-corrected chi connectivity index (χ3v) is 4.73. The Balaban J connectivity index is 1.75. The van der Waals surface area contributed by atoms with E-state index in [2.05, 4.69) is 20.9 Å². The van der Waals surface area contributed by atoms with Gasteiger partial charge in [0, 0.05) is 23.3 Å². The van der Waals surface area contributed by atoms with Gasteiger partial charge >= 0.3 is 6.18 Å². The van der Waals surface area contributed by atoms with Gasteiger partial charge in [0.05, 0.1) is 12.0 Å². The number of ether oxygens (including phenoxy) is 1. The van der Waals surface area contributed by atoms with Crippen molar-refractivity contribution in [3.8, 4) is 5.88 Å². The highest BCUT2D eigenvalue weighted by molar-refractivity contribution is 9.10. The van der Waals surface area contributed by atoms with Crippen molar-refractivity contribution < 1.29 is 17.9 Å². The fourth-order valence-electron chi connectivity index (χ4n) is 2.61. The number of hydrogen-bond donors (Lipinski definition) is 0. The predicted molar refractivity (Wildman–Crippen MR) is 86.4 cm³/mol. The monoisotopic (exact) mass is 394 g/mol. The normalized spacial score (nSPS) is 18.2. The van der Waals surface area contributed by atoms with Crippen LogP contribution in [0.5, 0.6) is 5.88 Å². The van der Waals surface area contributed by atoms with Crippen molar-refractivity contribution in [2.45, 2.75) is 32.9 Å². The lowest BCUT2D eigenvalue weighted by Crippen LogP contribution is -2.46. The smallest absolute Gasteiger partial charge is 0.395 e. The van der Waals surface area contributed by atoms with Gasteiger partial charge in [-0.25, -0.2) is 4.98 Å². The molecular formula is C16H22BrF3N2O. The van der Waals surface area contributed by atoms with Gasteiger partial charge in [-0.15, -0.1) is 0 Å². The second-order valence-corrected chi connectivity index (χ2v) is 7.64. The first-order valence-corrected chi connectivity index (χ1v) is 8.50. The molecule has 1 aliphatic heterocycles. The summed E-state index contributed by atoms with van der Waals surface area (Å²) >= 11 is 3.31. The molecule has 0 spiro atoms. The van der Waals surface area contributed by atoms with Crippen LogP contribution in [0.2, 0.25) is 0 Å². The van der Waals surface area contributed by atoms with Crippen molar-refractivity contribution >= 4 is 15.9 Å². The molecule has 1 fully saturated rings. The zero-order chi connectivity index (χ0) is 17.1. The van der Waals surface area contributed by atoms with Crippen LogP contribution < -0.4 is 4.74 Å². The second-order valence-electron chi connectivity index (χ2n) is 6.73. The molecular weight excluding hydrogens is 373 g/mol. The topological polar surface area (TPSA) is 25.4 Å². The number of halogens is 4. The van der Waals surface area contributed by atoms with Crippen molar-refractivity contribution in [2.24, 2.45) is 11.3 Å². The summed E-state index contributed by atoms with van der Waals surface area (Å²) in [4.78, 5) is 6.05. The molecule has 0 N–H and O–H groups in total. The number of nitrogens with zero attached hydrogens (tertiary/aromatic N) is 2. The molecule has 23 heavy (non-hydrogen) atoms. The van der Waals surface area contributed by atoms with Gasteiger partial charge in [0.25, 0.3) is 0 Å². The Labute approximate surface area is 143 Å². The molecule has 1 saturated heterocycles. The Morgan fingerprint density at radius 1 is 1.26 bits per heavy atom. The molecule has 1 aliphatic rings. The standard InChI is InChI=1S/C16H22BrF3N2O/c1-15(2,16(18,19)20)11-22-7-5-12(6-8-22)10-23-14-4-3-13(17)9-21-14/h3-4,9,12H,5-8,10-11H2,1-2H3. The molecule has 0 saturated carbocycles. The van der Waals surface area contributed by atoms with Gasteiger partial charge in [-0.3, -0.25) is 0 Å². The van der Waals surface area contributed by atoms with E-state index >= 15 is 0 Å². The van der Waals surface area contributed by atoms with E-state index in [9.17, 15) is 13.2 Å². The summed E-state index contributed by atoms with van der Waals surface area (Å²) in [6.07, 6.45) is -0.785. The Bertz CT molecular complexity index is 497. The van der Waals surface area contributed by atoms with Crippen LogP contribution in [0.25, 0.3) is 0 Å². The lowest BCUT2D eigenvalue weighted by Gasteiger charge is -2.38. The Morgan fingerprint density at radius 3 is 2.43 bits per heavy atom. The van der Waals surface area contributed by atoms with Crippen LogP contribution in [-0.2, 0) is 0 Å². The first-order valence-electron chi connectivity index (χ1n) is 7.71. The lowest BCUT2D eigenvalue weighted by molar-refractivity contribution is -0.217.